The number of rotatable bonds is 8. The third-order valence-electron chi connectivity index (χ3n) is 7.17. The van der Waals surface area contributed by atoms with Crippen molar-refractivity contribution in [2.24, 2.45) is 0 Å². The number of nitrogens with zero attached hydrogens (tertiary/aromatic N) is 1. The van der Waals surface area contributed by atoms with Crippen molar-refractivity contribution in [3.8, 4) is 17.2 Å². The van der Waals surface area contributed by atoms with Crippen LogP contribution in [0, 0.1) is 0 Å². The van der Waals surface area contributed by atoms with Gasteiger partial charge in [0.25, 0.3) is 0 Å². The van der Waals surface area contributed by atoms with Crippen LogP contribution in [0.3, 0.4) is 0 Å². The van der Waals surface area contributed by atoms with Gasteiger partial charge < -0.3 is 28.2 Å². The minimum Gasteiger partial charge on any atom is -0.502 e. The standard InChI is InChI=1S/C30H29NO9/c1-36-25-10-17-8-9-31(14-18(17)11-26(25)37-2)15-19-12-23(32)29(35)30(40-19)21(13-27(33)38-3)22-16-39-24-7-5-4-6-20(24)28(22)34/h4-7,10-12,16,21,35H,8-9,13-15H2,1-3H3/t21-/m0/s1. The molecule has 1 aliphatic heterocycles. The normalized spacial score (nSPS) is 14.0. The van der Waals surface area contributed by atoms with Crippen LogP contribution in [-0.2, 0) is 29.0 Å². The molecule has 0 fully saturated rings. The van der Waals surface area contributed by atoms with Gasteiger partial charge in [0, 0.05) is 24.7 Å². The van der Waals surface area contributed by atoms with E-state index in [1.54, 1.807) is 38.5 Å². The van der Waals surface area contributed by atoms with Crippen LogP contribution in [0.5, 0.6) is 17.2 Å². The van der Waals surface area contributed by atoms with E-state index >= 15 is 0 Å². The second kappa shape index (κ2) is 11.3. The summed E-state index contributed by atoms with van der Waals surface area (Å²) in [4.78, 5) is 40.7. The van der Waals surface area contributed by atoms with Crippen molar-refractivity contribution in [3.63, 3.8) is 0 Å². The Hall–Kier alpha value is -4.57. The zero-order chi connectivity index (χ0) is 28.4. The van der Waals surface area contributed by atoms with Crippen molar-refractivity contribution in [2.45, 2.75) is 31.8 Å². The molecular weight excluding hydrogens is 518 g/mol. The number of fused-ring (bicyclic) bond motifs is 2. The van der Waals surface area contributed by atoms with Crippen LogP contribution < -0.4 is 20.3 Å². The zero-order valence-corrected chi connectivity index (χ0v) is 22.4. The minimum atomic E-state index is -1.11. The number of methoxy groups -OCH3 is 3. The number of benzene rings is 2. The molecule has 0 amide bonds. The van der Waals surface area contributed by atoms with Crippen molar-refractivity contribution in [1.82, 2.24) is 4.90 Å². The first-order chi connectivity index (χ1) is 19.3. The van der Waals surface area contributed by atoms with E-state index in [1.807, 2.05) is 12.1 Å². The summed E-state index contributed by atoms with van der Waals surface area (Å²) in [6.45, 7) is 1.51. The number of aromatic hydroxyl groups is 1. The molecule has 1 N–H and O–H groups in total. The molecule has 3 heterocycles. The fraction of sp³-hybridized carbons (Fsp3) is 0.300. The molecule has 10 nitrogen and oxygen atoms in total. The van der Waals surface area contributed by atoms with Gasteiger partial charge in [0.05, 0.1) is 51.9 Å². The van der Waals surface area contributed by atoms with Gasteiger partial charge in [-0.15, -0.1) is 0 Å². The molecule has 1 aliphatic rings. The molecule has 5 rings (SSSR count). The lowest BCUT2D eigenvalue weighted by Gasteiger charge is -2.29. The van der Waals surface area contributed by atoms with E-state index in [0.717, 1.165) is 17.5 Å². The molecule has 0 unspecified atom stereocenters. The van der Waals surface area contributed by atoms with Crippen LogP contribution in [0.1, 0.15) is 40.5 Å². The van der Waals surface area contributed by atoms with Crippen LogP contribution in [0.2, 0.25) is 0 Å². The lowest BCUT2D eigenvalue weighted by atomic mass is 9.92. The lowest BCUT2D eigenvalue weighted by molar-refractivity contribution is -0.140. The minimum absolute atomic E-state index is 0.0626. The maximum atomic E-state index is 13.4. The summed E-state index contributed by atoms with van der Waals surface area (Å²) in [5.41, 5.74) is 1.55. The van der Waals surface area contributed by atoms with E-state index < -0.39 is 28.5 Å². The van der Waals surface area contributed by atoms with Crippen molar-refractivity contribution in [2.75, 3.05) is 27.9 Å². The van der Waals surface area contributed by atoms with E-state index in [4.69, 9.17) is 23.0 Å². The van der Waals surface area contributed by atoms with Crippen LogP contribution in [-0.4, -0.2) is 43.8 Å². The number of hydrogen-bond acceptors (Lipinski definition) is 10. The highest BCUT2D eigenvalue weighted by Gasteiger charge is 2.30. The van der Waals surface area contributed by atoms with E-state index in [2.05, 4.69) is 4.90 Å². The van der Waals surface area contributed by atoms with Crippen molar-refractivity contribution in [3.05, 3.63) is 97.4 Å². The van der Waals surface area contributed by atoms with Gasteiger partial charge in [0.2, 0.25) is 11.2 Å². The molecule has 208 valence electrons. The molecule has 10 heteroatoms. The quantitative estimate of drug-likeness (QED) is 0.326. The Kier molecular flexibility index (Phi) is 7.61. The molecule has 2 aromatic heterocycles. The van der Waals surface area contributed by atoms with Crippen molar-refractivity contribution >= 4 is 16.9 Å². The number of ether oxygens (including phenoxy) is 3. The first kappa shape index (κ1) is 27.0. The number of esters is 1. The monoisotopic (exact) mass is 547 g/mol. The van der Waals surface area contributed by atoms with Crippen molar-refractivity contribution in [1.29, 1.82) is 0 Å². The Morgan fingerprint density at radius 3 is 2.50 bits per heavy atom. The van der Waals surface area contributed by atoms with E-state index in [-0.39, 0.29) is 30.0 Å². The van der Waals surface area contributed by atoms with Gasteiger partial charge in [-0.05, 0) is 41.8 Å². The van der Waals surface area contributed by atoms with Crippen LogP contribution in [0.15, 0.2) is 67.2 Å². The average molecular weight is 548 g/mol. The molecule has 0 saturated carbocycles. The molecule has 1 atom stereocenters. The van der Waals surface area contributed by atoms with E-state index in [0.29, 0.717) is 35.6 Å². The lowest BCUT2D eigenvalue weighted by Crippen LogP contribution is -2.30. The molecule has 0 radical (unpaired) electrons. The third-order valence-corrected chi connectivity index (χ3v) is 7.17. The van der Waals surface area contributed by atoms with Gasteiger partial charge in [-0.3, -0.25) is 19.3 Å². The fourth-order valence-corrected chi connectivity index (χ4v) is 5.09. The summed E-state index contributed by atoms with van der Waals surface area (Å²) < 4.78 is 27.4. The van der Waals surface area contributed by atoms with Gasteiger partial charge in [0.1, 0.15) is 11.3 Å². The number of hydrogen-bond donors (Lipinski definition) is 1. The second-order valence-corrected chi connectivity index (χ2v) is 9.58. The smallest absolute Gasteiger partial charge is 0.306 e. The summed E-state index contributed by atoms with van der Waals surface area (Å²) in [5, 5.41) is 11.1. The van der Waals surface area contributed by atoms with Gasteiger partial charge in [-0.25, -0.2) is 0 Å². The SMILES string of the molecule is COC(=O)C[C@H](c1oc(CN2CCc3cc(OC)c(OC)cc3C2)cc(=O)c1O)c1coc2ccccc2c1=O. The van der Waals surface area contributed by atoms with E-state index in [9.17, 15) is 19.5 Å². The Balaban J connectivity index is 1.51. The summed E-state index contributed by atoms with van der Waals surface area (Å²) in [6.07, 6.45) is 1.62. The Labute approximate surface area is 229 Å². The molecule has 0 spiro atoms. The van der Waals surface area contributed by atoms with Gasteiger partial charge in [0.15, 0.2) is 22.7 Å². The molecular formula is C30H29NO9. The molecule has 40 heavy (non-hydrogen) atoms. The topological polar surface area (TPSA) is 129 Å². The second-order valence-electron chi connectivity index (χ2n) is 9.58. The number of para-hydroxylation sites is 1. The summed E-state index contributed by atoms with van der Waals surface area (Å²) in [6, 6.07) is 11.8. The first-order valence-electron chi connectivity index (χ1n) is 12.7. The Morgan fingerprint density at radius 1 is 1.05 bits per heavy atom. The largest absolute Gasteiger partial charge is 0.502 e. The predicted octanol–water partition coefficient (Wildman–Crippen LogP) is 3.72. The van der Waals surface area contributed by atoms with Crippen LogP contribution in [0.25, 0.3) is 11.0 Å². The van der Waals surface area contributed by atoms with Crippen molar-refractivity contribution < 1.29 is 32.9 Å². The molecule has 0 bridgehead atoms. The van der Waals surface area contributed by atoms with Crippen LogP contribution in [0.4, 0.5) is 0 Å². The van der Waals surface area contributed by atoms with Gasteiger partial charge in [-0.2, -0.15) is 0 Å². The Bertz CT molecular complexity index is 1690. The fourth-order valence-electron chi connectivity index (χ4n) is 5.09. The number of carbonyl (C=O) groups excluding carboxylic acids is 1. The molecule has 4 aromatic rings. The highest BCUT2D eigenvalue weighted by molar-refractivity contribution is 5.77. The summed E-state index contributed by atoms with van der Waals surface area (Å²) >= 11 is 0. The average Bonchev–Trinajstić information content (AvgIpc) is 2.97. The maximum Gasteiger partial charge on any atom is 0.306 e. The number of carbonyl (C=O) groups is 1. The summed E-state index contributed by atoms with van der Waals surface area (Å²) in [7, 11) is 4.39. The molecule has 0 saturated heterocycles. The first-order valence-corrected chi connectivity index (χ1v) is 12.7. The highest BCUT2D eigenvalue weighted by atomic mass is 16.5. The van der Waals surface area contributed by atoms with Gasteiger partial charge in [-0.1, -0.05) is 12.1 Å². The van der Waals surface area contributed by atoms with Crippen LogP contribution >= 0.6 is 0 Å². The highest BCUT2D eigenvalue weighted by Crippen LogP contribution is 2.35. The Morgan fingerprint density at radius 2 is 1.77 bits per heavy atom. The van der Waals surface area contributed by atoms with E-state index in [1.165, 1.54) is 19.4 Å². The molecule has 0 aliphatic carbocycles. The molecule has 2 aromatic carbocycles. The zero-order valence-electron chi connectivity index (χ0n) is 22.4. The third kappa shape index (κ3) is 5.17. The van der Waals surface area contributed by atoms with Gasteiger partial charge >= 0.3 is 5.97 Å². The predicted molar refractivity (Wildman–Crippen MR) is 145 cm³/mol. The maximum absolute atomic E-state index is 13.4. The summed E-state index contributed by atoms with van der Waals surface area (Å²) in [5.74, 6) is -1.06.